The minimum atomic E-state index is -4.71. The maximum atomic E-state index is 12.3. The number of hydrogen-bond acceptors (Lipinski definition) is 24. The Kier molecular flexibility index (Phi) is 21.7. The van der Waals surface area contributed by atoms with Gasteiger partial charge < -0.3 is 5.32 Å². The van der Waals surface area contributed by atoms with Gasteiger partial charge in [0.05, 0.1) is 50.5 Å². The summed E-state index contributed by atoms with van der Waals surface area (Å²) >= 11 is 0. The lowest BCUT2D eigenvalue weighted by molar-refractivity contribution is 0.480. The van der Waals surface area contributed by atoms with Gasteiger partial charge in [0.15, 0.2) is 0 Å². The number of aryl methyl sites for hydroxylation is 2. The molecule has 406 valence electrons. The Hall–Kier alpha value is -8.50. The Morgan fingerprint density at radius 3 is 1.31 bits per heavy atom. The third kappa shape index (κ3) is 21.3. The van der Waals surface area contributed by atoms with Gasteiger partial charge in [-0.1, -0.05) is 42.5 Å². The van der Waals surface area contributed by atoms with Gasteiger partial charge >= 0.3 is 21.2 Å². The van der Waals surface area contributed by atoms with Crippen molar-refractivity contribution >= 4 is 103 Å². The zero-order valence-electron chi connectivity index (χ0n) is 40.4. The van der Waals surface area contributed by atoms with Crippen LogP contribution in [0.25, 0.3) is 0 Å². The van der Waals surface area contributed by atoms with Crippen molar-refractivity contribution in [2.75, 3.05) is 17.6 Å². The number of azo groups is 4. The first-order chi connectivity index (χ1) is 36.8. The fourth-order valence-corrected chi connectivity index (χ4v) is 8.11. The molecule has 0 aliphatic rings. The summed E-state index contributed by atoms with van der Waals surface area (Å²) in [6, 6.07) is 35.9. The molecule has 0 fully saturated rings. The zero-order valence-corrected chi connectivity index (χ0v) is 44.5. The summed E-state index contributed by atoms with van der Waals surface area (Å²) < 4.78 is 149. The second-order valence-corrected chi connectivity index (χ2v) is 21.0. The highest BCUT2D eigenvalue weighted by atomic mass is 32.2. The molecule has 0 amide bonds. The third-order valence-corrected chi connectivity index (χ3v) is 12.5. The lowest BCUT2D eigenvalue weighted by atomic mass is 10.1. The summed E-state index contributed by atoms with van der Waals surface area (Å²) in [5, 5.41) is 36.6. The van der Waals surface area contributed by atoms with Crippen molar-refractivity contribution in [2.24, 2.45) is 40.9 Å². The summed E-state index contributed by atoms with van der Waals surface area (Å²) in [6.07, 6.45) is 0.660. The lowest BCUT2D eigenvalue weighted by Gasteiger charge is -2.11. The maximum absolute atomic E-state index is 12.3. The van der Waals surface area contributed by atoms with Gasteiger partial charge in [-0.05, 0) is 134 Å². The second kappa shape index (κ2) is 28.0. The average molecular weight is 1160 g/mol. The van der Waals surface area contributed by atoms with E-state index >= 15 is 0 Å². The van der Waals surface area contributed by atoms with Crippen LogP contribution >= 0.6 is 0 Å². The Bertz CT molecular complexity index is 3950. The Morgan fingerprint density at radius 1 is 0.462 bits per heavy atom. The number of nitrogens with zero attached hydrogens (tertiary/aromatic N) is 11. The van der Waals surface area contributed by atoms with Crippen molar-refractivity contribution in [2.45, 2.75) is 42.9 Å². The van der Waals surface area contributed by atoms with Crippen LogP contribution in [0.4, 0.5) is 51.4 Å². The van der Waals surface area contributed by atoms with Gasteiger partial charge in [0.2, 0.25) is 5.95 Å². The largest absolute Gasteiger partial charge is 0.425 e. The Balaban J connectivity index is 0.00000131. The molecule has 78 heavy (non-hydrogen) atoms. The van der Waals surface area contributed by atoms with Crippen LogP contribution in [-0.2, 0) is 64.4 Å². The summed E-state index contributed by atoms with van der Waals surface area (Å²) in [5.74, 6) is 0.594. The quantitative estimate of drug-likeness (QED) is 0.0332. The predicted molar refractivity (Wildman–Crippen MR) is 279 cm³/mol. The van der Waals surface area contributed by atoms with Crippen molar-refractivity contribution in [3.05, 3.63) is 167 Å². The first-order valence-corrected chi connectivity index (χ1v) is 28.4. The number of anilines is 1. The van der Waals surface area contributed by atoms with Crippen molar-refractivity contribution < 1.29 is 64.2 Å². The van der Waals surface area contributed by atoms with E-state index < -0.39 is 62.2 Å². The van der Waals surface area contributed by atoms with Gasteiger partial charge in [-0.15, -0.1) is 30.4 Å². The molecule has 7 aromatic rings. The minimum Gasteiger partial charge on any atom is -0.354 e. The van der Waals surface area contributed by atoms with Crippen LogP contribution in [0.2, 0.25) is 0 Å². The molecule has 0 aliphatic carbocycles. The maximum Gasteiger partial charge on any atom is 0.425 e. The molecule has 32 heteroatoms. The van der Waals surface area contributed by atoms with E-state index in [0.29, 0.717) is 57.8 Å². The summed E-state index contributed by atoms with van der Waals surface area (Å²) in [5.41, 5.74) is 6.33. The highest BCUT2D eigenvalue weighted by Gasteiger charge is 2.18. The van der Waals surface area contributed by atoms with Crippen LogP contribution in [0.5, 0.6) is 0 Å². The summed E-state index contributed by atoms with van der Waals surface area (Å²) in [7, 11) is -19.4. The Morgan fingerprint density at radius 2 is 0.859 bits per heavy atom. The molecule has 0 bridgehead atoms. The number of rotatable bonds is 19. The normalized spacial score (nSPS) is 11.8. The smallest absolute Gasteiger partial charge is 0.354 e. The van der Waals surface area contributed by atoms with E-state index in [4.69, 9.17) is 34.8 Å². The average Bonchev–Trinajstić information content (AvgIpc) is 3.36. The van der Waals surface area contributed by atoms with Crippen LogP contribution in [0.1, 0.15) is 40.3 Å². The van der Waals surface area contributed by atoms with Gasteiger partial charge in [-0.3, -0.25) is 13.7 Å². The van der Waals surface area contributed by atoms with Crippen LogP contribution in [-0.4, -0.2) is 91.4 Å². The van der Waals surface area contributed by atoms with Gasteiger partial charge in [0.25, 0.3) is 30.4 Å². The van der Waals surface area contributed by atoms with E-state index in [9.17, 15) is 34.4 Å². The number of benzene rings is 6. The molecular formula is C46H42N12O15S5. The lowest BCUT2D eigenvalue weighted by Crippen LogP contribution is -2.14. The number of aromatic nitrogens is 3. The first kappa shape index (κ1) is 60.4. The highest BCUT2D eigenvalue weighted by Crippen LogP contribution is 2.33. The number of hydrogen-bond donors (Lipinski definition) is 4. The SMILES string of the molecule is Cc1cc(Cc2nc(Cc3ccc(N=Nc4ccc(N=Nc5ccccc5)cc4S(=O)(=O)O)c(C)c3)nc(NCCCS(=O)(=O)O)n2)ccc1N=Nc1ccc(N=Nc2ccc(S(=O)(=O)O)cc2)cc1.O=S(=O)=O.O=S(=O)=O. The molecule has 0 aliphatic heterocycles. The topological polar surface area (TPSA) is 415 Å². The fraction of sp³-hybridized carbons (Fsp3) is 0.152. The van der Waals surface area contributed by atoms with Gasteiger partial charge in [0.1, 0.15) is 22.2 Å². The number of nitrogens with one attached hydrogen (secondary N) is 1. The molecule has 6 aromatic carbocycles. The molecule has 0 atom stereocenters. The van der Waals surface area contributed by atoms with Crippen molar-refractivity contribution in [1.29, 1.82) is 0 Å². The van der Waals surface area contributed by atoms with E-state index in [0.717, 1.165) is 22.8 Å². The van der Waals surface area contributed by atoms with Gasteiger partial charge in [-0.2, -0.15) is 71.0 Å². The Labute approximate surface area is 448 Å². The van der Waals surface area contributed by atoms with E-state index in [1.807, 2.05) is 37.3 Å². The van der Waals surface area contributed by atoms with Crippen LogP contribution < -0.4 is 5.32 Å². The van der Waals surface area contributed by atoms with Crippen molar-refractivity contribution in [3.63, 3.8) is 0 Å². The third-order valence-electron chi connectivity index (χ3n) is 9.90. The molecule has 0 saturated carbocycles. The molecule has 0 unspecified atom stereocenters. The molecule has 1 aromatic heterocycles. The molecular weight excluding hydrogens is 1120 g/mol. The standard InChI is InChI=1S/C46H42N12O9S3.2O3S/c1-30-25-32(9-20-40(30)56-54-36-13-11-35(12-14-36)52-53-37-15-18-39(19-16-37)69(62,63)64)27-44-48-45(50-46(49-44)47-23-6-24-68(59,60)61)28-33-10-21-41(31(2)26-33)57-58-42-22-17-38(29-43(42)70(65,66)67)55-51-34-7-4-3-5-8-34;2*1-4(2)3/h3-5,7-22,25-26,29H,6,23-24,27-28H2,1-2H3,(H,59,60,61)(H,62,63,64)(H,65,66,67)(H,47,48,49,50);;. The molecule has 27 nitrogen and oxygen atoms in total. The van der Waals surface area contributed by atoms with Gasteiger partial charge in [-0.25, -0.2) is 4.98 Å². The first-order valence-electron chi connectivity index (χ1n) is 22.0. The van der Waals surface area contributed by atoms with E-state index in [-0.39, 0.29) is 41.6 Å². The van der Waals surface area contributed by atoms with Gasteiger partial charge in [0, 0.05) is 19.4 Å². The van der Waals surface area contributed by atoms with Crippen LogP contribution in [0.15, 0.2) is 184 Å². The van der Waals surface area contributed by atoms with E-state index in [2.05, 4.69) is 56.2 Å². The van der Waals surface area contributed by atoms with Crippen molar-refractivity contribution in [1.82, 2.24) is 15.0 Å². The second-order valence-electron chi connectivity index (χ2n) is 15.8. The summed E-state index contributed by atoms with van der Waals surface area (Å²) in [6.45, 7) is 3.85. The van der Waals surface area contributed by atoms with E-state index in [1.165, 1.54) is 36.4 Å². The van der Waals surface area contributed by atoms with Crippen LogP contribution in [0, 0.1) is 13.8 Å². The predicted octanol–water partition coefficient (Wildman–Crippen LogP) is 9.51. The van der Waals surface area contributed by atoms with Crippen LogP contribution in [0.3, 0.4) is 0 Å². The molecule has 7 rings (SSSR count). The monoisotopic (exact) mass is 1160 g/mol. The minimum absolute atomic E-state index is 0.100. The fourth-order valence-electron chi connectivity index (χ4n) is 6.47. The molecule has 0 spiro atoms. The van der Waals surface area contributed by atoms with Crippen molar-refractivity contribution in [3.8, 4) is 0 Å². The molecule has 0 saturated heterocycles. The summed E-state index contributed by atoms with van der Waals surface area (Å²) in [4.78, 5) is 13.2. The molecule has 0 radical (unpaired) electrons. The molecule has 4 N–H and O–H groups in total. The highest BCUT2D eigenvalue weighted by molar-refractivity contribution is 7.86. The molecule has 1 heterocycles. The van der Waals surface area contributed by atoms with E-state index in [1.54, 1.807) is 67.6 Å². The zero-order chi connectivity index (χ0) is 57.0.